The smallest absolute Gasteiger partial charge is 0.270 e. The number of carbonyl (C=O) groups excluding carboxylic acids is 1. The molecule has 1 saturated heterocycles. The minimum absolute atomic E-state index is 0.0635. The Morgan fingerprint density at radius 1 is 1.41 bits per heavy atom. The number of piperidine rings is 1. The number of hydrogen-bond acceptors (Lipinski definition) is 6. The lowest BCUT2D eigenvalue weighted by molar-refractivity contribution is 0.00147. The highest BCUT2D eigenvalue weighted by molar-refractivity contribution is 5.92. The topological polar surface area (TPSA) is 101 Å². The molecule has 1 aliphatic heterocycles. The molecule has 2 aromatic heterocycles. The maximum Gasteiger partial charge on any atom is 0.270 e. The van der Waals surface area contributed by atoms with Crippen molar-refractivity contribution in [3.05, 3.63) is 36.0 Å². The minimum Gasteiger partial charge on any atom is -0.479 e. The molecule has 1 fully saturated rings. The van der Waals surface area contributed by atoms with E-state index in [2.05, 4.69) is 20.6 Å². The quantitative estimate of drug-likeness (QED) is 0.725. The molecule has 3 heterocycles. The normalized spacial score (nSPS) is 20.3. The van der Waals surface area contributed by atoms with Gasteiger partial charge in [-0.3, -0.25) is 4.79 Å². The SMILES string of the molecule is COc1nc(C(=O)NC2CNCC(C(C)(C)O)C2)ccc1-n1cnc(C)c1. The van der Waals surface area contributed by atoms with Crippen LogP contribution in [0.15, 0.2) is 24.7 Å². The van der Waals surface area contributed by atoms with E-state index in [1.807, 2.05) is 17.7 Å². The highest BCUT2D eigenvalue weighted by Gasteiger charge is 2.33. The Morgan fingerprint density at radius 3 is 2.81 bits per heavy atom. The van der Waals surface area contributed by atoms with Gasteiger partial charge in [0.15, 0.2) is 0 Å². The molecule has 3 rings (SSSR count). The zero-order chi connectivity index (χ0) is 19.6. The van der Waals surface area contributed by atoms with Crippen LogP contribution in [0.3, 0.4) is 0 Å². The second-order valence-corrected chi connectivity index (χ2v) is 7.56. The van der Waals surface area contributed by atoms with Crippen molar-refractivity contribution in [3.63, 3.8) is 0 Å². The number of ether oxygens (including phenoxy) is 1. The molecule has 1 amide bonds. The standard InChI is InChI=1S/C19H27N5O3/c1-12-10-24(11-21-12)16-6-5-15(23-18(16)27-4)17(25)22-14-7-13(8-20-9-14)19(2,3)26/h5-6,10-11,13-14,20,26H,7-9H2,1-4H3,(H,22,25). The number of aromatic nitrogens is 3. The number of imidazole rings is 1. The Labute approximate surface area is 159 Å². The second kappa shape index (κ2) is 7.66. The summed E-state index contributed by atoms with van der Waals surface area (Å²) in [5, 5.41) is 16.5. The first-order valence-electron chi connectivity index (χ1n) is 9.08. The largest absolute Gasteiger partial charge is 0.479 e. The molecule has 2 unspecified atom stereocenters. The number of rotatable bonds is 5. The number of amides is 1. The first-order chi connectivity index (χ1) is 12.8. The van der Waals surface area contributed by atoms with Crippen LogP contribution in [0.4, 0.5) is 0 Å². The molecule has 0 aromatic carbocycles. The minimum atomic E-state index is -0.789. The van der Waals surface area contributed by atoms with Gasteiger partial charge in [0.05, 0.1) is 24.7 Å². The summed E-state index contributed by atoms with van der Waals surface area (Å²) in [5.41, 5.74) is 1.10. The second-order valence-electron chi connectivity index (χ2n) is 7.56. The average Bonchev–Trinajstić information content (AvgIpc) is 3.07. The van der Waals surface area contributed by atoms with Crippen molar-refractivity contribution in [3.8, 4) is 11.6 Å². The van der Waals surface area contributed by atoms with E-state index in [9.17, 15) is 9.90 Å². The number of nitrogens with one attached hydrogen (secondary N) is 2. The molecule has 3 N–H and O–H groups in total. The average molecular weight is 373 g/mol. The van der Waals surface area contributed by atoms with Gasteiger partial charge in [0.25, 0.3) is 5.91 Å². The number of hydrogen-bond donors (Lipinski definition) is 3. The summed E-state index contributed by atoms with van der Waals surface area (Å²) < 4.78 is 7.17. The molecule has 2 aromatic rings. The van der Waals surface area contributed by atoms with Crippen LogP contribution in [0.2, 0.25) is 0 Å². The molecule has 0 spiro atoms. The van der Waals surface area contributed by atoms with E-state index in [0.29, 0.717) is 18.8 Å². The number of aliphatic hydroxyl groups is 1. The Kier molecular flexibility index (Phi) is 5.48. The van der Waals surface area contributed by atoms with Crippen molar-refractivity contribution < 1.29 is 14.6 Å². The van der Waals surface area contributed by atoms with Crippen LogP contribution in [-0.2, 0) is 0 Å². The molecule has 2 atom stereocenters. The first kappa shape index (κ1) is 19.3. The summed E-state index contributed by atoms with van der Waals surface area (Å²) in [6.45, 7) is 6.90. The first-order valence-corrected chi connectivity index (χ1v) is 9.08. The fraction of sp³-hybridized carbons (Fsp3) is 0.526. The molecule has 0 radical (unpaired) electrons. The van der Waals surface area contributed by atoms with Crippen LogP contribution in [0.5, 0.6) is 5.88 Å². The fourth-order valence-electron chi connectivity index (χ4n) is 3.31. The summed E-state index contributed by atoms with van der Waals surface area (Å²) >= 11 is 0. The molecular formula is C19H27N5O3. The van der Waals surface area contributed by atoms with Crippen LogP contribution < -0.4 is 15.4 Å². The molecular weight excluding hydrogens is 346 g/mol. The van der Waals surface area contributed by atoms with Gasteiger partial charge in [-0.2, -0.15) is 0 Å². The molecule has 0 saturated carbocycles. The Balaban J connectivity index is 1.73. The van der Waals surface area contributed by atoms with Crippen molar-refractivity contribution >= 4 is 5.91 Å². The molecule has 1 aliphatic rings. The lowest BCUT2D eigenvalue weighted by Gasteiger charge is -2.37. The number of nitrogens with zero attached hydrogens (tertiary/aromatic N) is 3. The van der Waals surface area contributed by atoms with Gasteiger partial charge in [0, 0.05) is 31.2 Å². The summed E-state index contributed by atoms with van der Waals surface area (Å²) in [4.78, 5) is 21.2. The van der Waals surface area contributed by atoms with E-state index in [1.165, 1.54) is 7.11 Å². The number of carbonyl (C=O) groups is 1. The van der Waals surface area contributed by atoms with Crippen LogP contribution in [0, 0.1) is 12.8 Å². The lowest BCUT2D eigenvalue weighted by atomic mass is 9.83. The Bertz CT molecular complexity index is 812. The van der Waals surface area contributed by atoms with E-state index in [-0.39, 0.29) is 23.6 Å². The number of methoxy groups -OCH3 is 1. The third-order valence-electron chi connectivity index (χ3n) is 4.94. The van der Waals surface area contributed by atoms with Crippen molar-refractivity contribution in [2.45, 2.75) is 38.8 Å². The monoisotopic (exact) mass is 373 g/mol. The van der Waals surface area contributed by atoms with Crippen molar-refractivity contribution in [1.82, 2.24) is 25.2 Å². The molecule has 0 aliphatic carbocycles. The van der Waals surface area contributed by atoms with Gasteiger partial charge in [-0.15, -0.1) is 0 Å². The Hall–Kier alpha value is -2.45. The van der Waals surface area contributed by atoms with Crippen molar-refractivity contribution in [2.75, 3.05) is 20.2 Å². The van der Waals surface area contributed by atoms with Gasteiger partial charge < -0.3 is 25.0 Å². The van der Waals surface area contributed by atoms with Gasteiger partial charge in [0.2, 0.25) is 5.88 Å². The van der Waals surface area contributed by atoms with E-state index in [4.69, 9.17) is 4.74 Å². The van der Waals surface area contributed by atoms with E-state index < -0.39 is 5.60 Å². The third-order valence-corrected chi connectivity index (χ3v) is 4.94. The number of aryl methyl sites for hydroxylation is 1. The van der Waals surface area contributed by atoms with Crippen LogP contribution in [0.25, 0.3) is 5.69 Å². The van der Waals surface area contributed by atoms with E-state index in [1.54, 1.807) is 32.3 Å². The summed E-state index contributed by atoms with van der Waals surface area (Å²) in [7, 11) is 1.52. The molecule has 8 heteroatoms. The zero-order valence-corrected chi connectivity index (χ0v) is 16.2. The highest BCUT2D eigenvalue weighted by atomic mass is 16.5. The molecule has 27 heavy (non-hydrogen) atoms. The van der Waals surface area contributed by atoms with Crippen molar-refractivity contribution in [2.24, 2.45) is 5.92 Å². The van der Waals surface area contributed by atoms with Crippen LogP contribution in [-0.4, -0.2) is 57.4 Å². The predicted octanol–water partition coefficient (Wildman–Crippen LogP) is 1.06. The zero-order valence-electron chi connectivity index (χ0n) is 16.2. The van der Waals surface area contributed by atoms with Gasteiger partial charge >= 0.3 is 0 Å². The predicted molar refractivity (Wildman–Crippen MR) is 101 cm³/mol. The summed E-state index contributed by atoms with van der Waals surface area (Å²) in [5.74, 6) is 0.173. The van der Waals surface area contributed by atoms with Gasteiger partial charge in [-0.1, -0.05) is 0 Å². The summed E-state index contributed by atoms with van der Waals surface area (Å²) in [6, 6.07) is 3.40. The fourth-order valence-corrected chi connectivity index (χ4v) is 3.31. The molecule has 0 bridgehead atoms. The highest BCUT2D eigenvalue weighted by Crippen LogP contribution is 2.24. The van der Waals surface area contributed by atoms with Crippen LogP contribution in [0.1, 0.15) is 36.5 Å². The lowest BCUT2D eigenvalue weighted by Crippen LogP contribution is -2.53. The van der Waals surface area contributed by atoms with Gasteiger partial charge in [-0.25, -0.2) is 9.97 Å². The van der Waals surface area contributed by atoms with Gasteiger partial charge in [0.1, 0.15) is 11.4 Å². The Morgan fingerprint density at radius 2 is 2.19 bits per heavy atom. The number of pyridine rings is 1. The maximum atomic E-state index is 12.7. The van der Waals surface area contributed by atoms with E-state index >= 15 is 0 Å². The third kappa shape index (κ3) is 4.45. The van der Waals surface area contributed by atoms with Crippen LogP contribution >= 0.6 is 0 Å². The molecule has 8 nitrogen and oxygen atoms in total. The van der Waals surface area contributed by atoms with Gasteiger partial charge in [-0.05, 0) is 39.3 Å². The molecule has 146 valence electrons. The summed E-state index contributed by atoms with van der Waals surface area (Å²) in [6.07, 6.45) is 4.26. The van der Waals surface area contributed by atoms with Crippen molar-refractivity contribution in [1.29, 1.82) is 0 Å². The maximum absolute atomic E-state index is 12.7. The van der Waals surface area contributed by atoms with E-state index in [0.717, 1.165) is 17.9 Å².